The van der Waals surface area contributed by atoms with E-state index in [4.69, 9.17) is 15.1 Å². The summed E-state index contributed by atoms with van der Waals surface area (Å²) < 4.78 is 5.21. The molecule has 1 aromatic carbocycles. The Hall–Kier alpha value is -4.46. The van der Waals surface area contributed by atoms with Gasteiger partial charge >= 0.3 is 0 Å². The van der Waals surface area contributed by atoms with Crippen LogP contribution >= 0.6 is 0 Å². The third-order valence-electron chi connectivity index (χ3n) is 5.08. The highest BCUT2D eigenvalue weighted by molar-refractivity contribution is 5.97. The first-order chi connectivity index (χ1) is 14.8. The van der Waals surface area contributed by atoms with Gasteiger partial charge in [-0.2, -0.15) is 5.10 Å². The molecule has 0 aliphatic heterocycles. The lowest BCUT2D eigenvalue weighted by Gasteiger charge is -2.03. The Morgan fingerprint density at radius 1 is 0.900 bits per heavy atom. The lowest BCUT2D eigenvalue weighted by molar-refractivity contribution is 0.568. The molecule has 144 valence electrons. The molecule has 5 aromatic heterocycles. The first kappa shape index (κ1) is 16.5. The molecule has 8 heteroatoms. The third kappa shape index (κ3) is 2.55. The van der Waals surface area contributed by atoms with Crippen molar-refractivity contribution >= 4 is 27.6 Å². The maximum absolute atomic E-state index is 5.90. The van der Waals surface area contributed by atoms with E-state index in [-0.39, 0.29) is 0 Å². The van der Waals surface area contributed by atoms with E-state index < -0.39 is 0 Å². The van der Waals surface area contributed by atoms with Gasteiger partial charge in [0.25, 0.3) is 0 Å². The number of benzene rings is 1. The Morgan fingerprint density at radius 2 is 1.87 bits per heavy atom. The lowest BCUT2D eigenvalue weighted by Crippen LogP contribution is -1.88. The summed E-state index contributed by atoms with van der Waals surface area (Å²) in [6.07, 6.45) is 8.45. The number of anilines is 1. The minimum Gasteiger partial charge on any atom is -0.472 e. The van der Waals surface area contributed by atoms with Gasteiger partial charge in [-0.3, -0.25) is 15.1 Å². The highest BCUT2D eigenvalue weighted by Gasteiger charge is 2.16. The van der Waals surface area contributed by atoms with E-state index in [9.17, 15) is 0 Å². The van der Waals surface area contributed by atoms with Crippen molar-refractivity contribution in [2.45, 2.75) is 0 Å². The molecule has 30 heavy (non-hydrogen) atoms. The predicted molar refractivity (Wildman–Crippen MR) is 114 cm³/mol. The van der Waals surface area contributed by atoms with Crippen LogP contribution in [0, 0.1) is 0 Å². The second-order valence-electron chi connectivity index (χ2n) is 6.99. The van der Waals surface area contributed by atoms with Crippen LogP contribution in [0.5, 0.6) is 0 Å². The molecule has 0 amide bonds. The van der Waals surface area contributed by atoms with Gasteiger partial charge < -0.3 is 15.1 Å². The van der Waals surface area contributed by atoms with Crippen LogP contribution in [0.25, 0.3) is 55.8 Å². The molecule has 4 N–H and O–H groups in total. The third-order valence-corrected chi connectivity index (χ3v) is 5.08. The fraction of sp³-hybridized carbons (Fsp3) is 0. The Bertz CT molecular complexity index is 1510. The number of hydrogen-bond donors (Lipinski definition) is 3. The van der Waals surface area contributed by atoms with E-state index in [2.05, 4.69) is 31.2 Å². The maximum atomic E-state index is 5.90. The maximum Gasteiger partial charge on any atom is 0.159 e. The smallest absolute Gasteiger partial charge is 0.159 e. The lowest BCUT2D eigenvalue weighted by atomic mass is 10.0. The van der Waals surface area contributed by atoms with Gasteiger partial charge in [-0.1, -0.05) is 6.07 Å². The first-order valence-corrected chi connectivity index (χ1v) is 9.33. The zero-order valence-electron chi connectivity index (χ0n) is 15.6. The number of aromatic amines is 2. The van der Waals surface area contributed by atoms with Crippen LogP contribution in [0.4, 0.5) is 5.69 Å². The summed E-state index contributed by atoms with van der Waals surface area (Å²) in [6, 6.07) is 11.7. The minimum atomic E-state index is 0.622. The summed E-state index contributed by atoms with van der Waals surface area (Å²) in [5.41, 5.74) is 13.4. The predicted octanol–water partition coefficient (Wildman–Crippen LogP) is 4.41. The van der Waals surface area contributed by atoms with Crippen molar-refractivity contribution in [3.05, 3.63) is 67.5 Å². The van der Waals surface area contributed by atoms with Gasteiger partial charge in [0.2, 0.25) is 0 Å². The van der Waals surface area contributed by atoms with Crippen LogP contribution in [-0.4, -0.2) is 30.1 Å². The van der Waals surface area contributed by atoms with E-state index in [0.29, 0.717) is 11.5 Å². The van der Waals surface area contributed by atoms with Gasteiger partial charge in [-0.15, -0.1) is 0 Å². The molecule has 6 aromatic rings. The van der Waals surface area contributed by atoms with Gasteiger partial charge in [-0.25, -0.2) is 4.98 Å². The second-order valence-corrected chi connectivity index (χ2v) is 6.99. The molecule has 0 aliphatic rings. The number of hydrogen-bond acceptors (Lipinski definition) is 6. The van der Waals surface area contributed by atoms with Crippen molar-refractivity contribution in [2.24, 2.45) is 0 Å². The van der Waals surface area contributed by atoms with Crippen LogP contribution in [0.15, 0.2) is 71.9 Å². The molecule has 0 bridgehead atoms. The standard InChI is InChI=1S/C22H15N7O/c23-15-7-14(9-24-10-15)12-1-2-17-16(8-12)20(29-28-17)22-26-18-3-5-25-19(21(18)27-22)13-4-6-30-11-13/h1-11H,23H2,(H,26,27)(H,28,29). The molecule has 0 atom stereocenters. The zero-order chi connectivity index (χ0) is 20.1. The van der Waals surface area contributed by atoms with Gasteiger partial charge in [0.1, 0.15) is 16.9 Å². The van der Waals surface area contributed by atoms with Gasteiger partial charge in [-0.05, 0) is 35.9 Å². The van der Waals surface area contributed by atoms with Crippen molar-refractivity contribution in [1.29, 1.82) is 0 Å². The monoisotopic (exact) mass is 393 g/mol. The quantitative estimate of drug-likeness (QED) is 0.409. The Balaban J connectivity index is 1.52. The fourth-order valence-corrected chi connectivity index (χ4v) is 3.65. The molecule has 8 nitrogen and oxygen atoms in total. The second kappa shape index (κ2) is 6.28. The Labute approximate surface area is 169 Å². The van der Waals surface area contributed by atoms with E-state index >= 15 is 0 Å². The highest BCUT2D eigenvalue weighted by atomic mass is 16.3. The summed E-state index contributed by atoms with van der Waals surface area (Å²) in [7, 11) is 0. The molecule has 0 saturated heterocycles. The number of furan rings is 1. The highest BCUT2D eigenvalue weighted by Crippen LogP contribution is 2.32. The van der Waals surface area contributed by atoms with Crippen LogP contribution in [0.3, 0.4) is 0 Å². The van der Waals surface area contributed by atoms with Crippen LogP contribution in [0.2, 0.25) is 0 Å². The molecule has 6 rings (SSSR count). The summed E-state index contributed by atoms with van der Waals surface area (Å²) in [5, 5.41) is 8.54. The topological polar surface area (TPSA) is 122 Å². The normalized spacial score (nSPS) is 11.5. The SMILES string of the molecule is Nc1cncc(-c2ccc3[nH]nc(-c4nc5c(-c6ccoc6)nccc5[nH]4)c3c2)c1. The Kier molecular flexibility index (Phi) is 3.45. The summed E-state index contributed by atoms with van der Waals surface area (Å²) in [5.74, 6) is 0.664. The first-order valence-electron chi connectivity index (χ1n) is 9.33. The van der Waals surface area contributed by atoms with E-state index in [1.807, 2.05) is 30.3 Å². The van der Waals surface area contributed by atoms with E-state index in [1.165, 1.54) is 0 Å². The van der Waals surface area contributed by atoms with Crippen LogP contribution < -0.4 is 5.73 Å². The number of H-pyrrole nitrogens is 2. The number of pyridine rings is 2. The molecule has 0 radical (unpaired) electrons. The van der Waals surface area contributed by atoms with E-state index in [0.717, 1.165) is 50.0 Å². The molecule has 0 unspecified atom stereocenters. The fourth-order valence-electron chi connectivity index (χ4n) is 3.65. The summed E-state index contributed by atoms with van der Waals surface area (Å²) >= 11 is 0. The number of nitrogens with zero attached hydrogens (tertiary/aromatic N) is 4. The van der Waals surface area contributed by atoms with Gasteiger partial charge in [0.15, 0.2) is 5.82 Å². The number of fused-ring (bicyclic) bond motifs is 2. The van der Waals surface area contributed by atoms with Crippen molar-refractivity contribution < 1.29 is 4.42 Å². The molecule has 0 spiro atoms. The van der Waals surface area contributed by atoms with Crippen molar-refractivity contribution in [2.75, 3.05) is 5.73 Å². The molecular weight excluding hydrogens is 378 g/mol. The molecule has 0 aliphatic carbocycles. The number of rotatable bonds is 3. The van der Waals surface area contributed by atoms with Crippen molar-refractivity contribution in [1.82, 2.24) is 30.1 Å². The molecule has 5 heterocycles. The number of imidazole rings is 1. The number of nitrogens with two attached hydrogens (primary N) is 1. The zero-order valence-corrected chi connectivity index (χ0v) is 15.6. The molecule has 0 saturated carbocycles. The van der Waals surface area contributed by atoms with Crippen molar-refractivity contribution in [3.8, 4) is 33.9 Å². The molecule has 0 fully saturated rings. The Morgan fingerprint density at radius 3 is 2.73 bits per heavy atom. The molecular formula is C22H15N7O. The average molecular weight is 393 g/mol. The van der Waals surface area contributed by atoms with Crippen molar-refractivity contribution in [3.63, 3.8) is 0 Å². The summed E-state index contributed by atoms with van der Waals surface area (Å²) in [6.45, 7) is 0. The van der Waals surface area contributed by atoms with E-state index in [1.54, 1.807) is 31.1 Å². The largest absolute Gasteiger partial charge is 0.472 e. The average Bonchev–Trinajstić information content (AvgIpc) is 3.51. The van der Waals surface area contributed by atoms with Gasteiger partial charge in [0.05, 0.1) is 29.2 Å². The van der Waals surface area contributed by atoms with Crippen LogP contribution in [-0.2, 0) is 0 Å². The minimum absolute atomic E-state index is 0.622. The number of aromatic nitrogens is 6. The summed E-state index contributed by atoms with van der Waals surface area (Å²) in [4.78, 5) is 16.8. The number of nitrogens with one attached hydrogen (secondary N) is 2. The van der Waals surface area contributed by atoms with Crippen LogP contribution in [0.1, 0.15) is 0 Å². The number of nitrogen functional groups attached to an aromatic ring is 1. The van der Waals surface area contributed by atoms with Gasteiger partial charge in [0, 0.05) is 35.1 Å².